The number of fused-ring (bicyclic) bond motifs is 6. The SMILES string of the molecule is O=C(O)CNC(=O)[C@H](CCCCNC(=O)OCC1c2ccccc2-c2ccccc21)NC(=O)OCC1c2ccccc2-c2ccccc21. The van der Waals surface area contributed by atoms with E-state index in [1.165, 1.54) is 0 Å². The van der Waals surface area contributed by atoms with E-state index in [4.69, 9.17) is 14.6 Å². The van der Waals surface area contributed by atoms with Gasteiger partial charge in [-0.1, -0.05) is 97.1 Å². The molecule has 0 aliphatic heterocycles. The van der Waals surface area contributed by atoms with Gasteiger partial charge in [-0.25, -0.2) is 9.59 Å². The molecule has 0 saturated carbocycles. The Morgan fingerprint density at radius 2 is 1.04 bits per heavy atom. The van der Waals surface area contributed by atoms with E-state index < -0.39 is 36.6 Å². The molecule has 0 unspecified atom stereocenters. The summed E-state index contributed by atoms with van der Waals surface area (Å²) in [4.78, 5) is 49.3. The molecule has 6 rings (SSSR count). The summed E-state index contributed by atoms with van der Waals surface area (Å²) in [5, 5.41) is 16.7. The fraction of sp³-hybridized carbons (Fsp3) is 0.263. The normalized spacial score (nSPS) is 13.3. The summed E-state index contributed by atoms with van der Waals surface area (Å²) in [5.74, 6) is -2.02. The zero-order chi connectivity index (χ0) is 33.5. The Bertz CT molecular complexity index is 1730. The highest BCUT2D eigenvalue weighted by Crippen LogP contribution is 2.45. The molecule has 10 heteroatoms. The number of carboxylic acid groups (broad SMARTS) is 1. The molecule has 0 saturated heterocycles. The quantitative estimate of drug-likeness (QED) is 0.134. The molecule has 4 aromatic carbocycles. The smallest absolute Gasteiger partial charge is 0.407 e. The zero-order valence-electron chi connectivity index (χ0n) is 26.3. The van der Waals surface area contributed by atoms with E-state index in [2.05, 4.69) is 40.2 Å². The minimum Gasteiger partial charge on any atom is -0.480 e. The van der Waals surface area contributed by atoms with E-state index in [0.717, 1.165) is 44.5 Å². The van der Waals surface area contributed by atoms with Crippen LogP contribution in [-0.2, 0) is 19.1 Å². The van der Waals surface area contributed by atoms with Gasteiger partial charge in [-0.2, -0.15) is 0 Å². The summed E-state index contributed by atoms with van der Waals surface area (Å²) in [5.41, 5.74) is 8.87. The lowest BCUT2D eigenvalue weighted by Gasteiger charge is -2.19. The molecule has 10 nitrogen and oxygen atoms in total. The van der Waals surface area contributed by atoms with Crippen molar-refractivity contribution in [2.45, 2.75) is 37.1 Å². The molecular weight excluding hydrogens is 610 g/mol. The van der Waals surface area contributed by atoms with Crippen LogP contribution in [0, 0.1) is 0 Å². The van der Waals surface area contributed by atoms with Crippen LogP contribution >= 0.6 is 0 Å². The van der Waals surface area contributed by atoms with Crippen molar-refractivity contribution in [1.29, 1.82) is 0 Å². The molecule has 246 valence electrons. The van der Waals surface area contributed by atoms with Gasteiger partial charge in [0.1, 0.15) is 25.8 Å². The Hall–Kier alpha value is -5.64. The van der Waals surface area contributed by atoms with Crippen LogP contribution in [0.1, 0.15) is 53.4 Å². The van der Waals surface area contributed by atoms with Crippen molar-refractivity contribution in [2.24, 2.45) is 0 Å². The first-order chi connectivity index (χ1) is 23.4. The molecule has 0 bridgehead atoms. The maximum atomic E-state index is 12.9. The van der Waals surface area contributed by atoms with Gasteiger partial charge >= 0.3 is 18.2 Å². The summed E-state index contributed by atoms with van der Waals surface area (Å²) in [6.07, 6.45) is -0.145. The third kappa shape index (κ3) is 7.17. The average molecular weight is 648 g/mol. The Kier molecular flexibility index (Phi) is 9.99. The number of hydrogen-bond acceptors (Lipinski definition) is 6. The lowest BCUT2D eigenvalue weighted by molar-refractivity contribution is -0.138. The monoisotopic (exact) mass is 647 g/mol. The molecule has 0 radical (unpaired) electrons. The number of carbonyl (C=O) groups excluding carboxylic acids is 3. The molecule has 4 aromatic rings. The van der Waals surface area contributed by atoms with Gasteiger partial charge in [-0.05, 0) is 63.8 Å². The Labute approximate surface area is 278 Å². The van der Waals surface area contributed by atoms with Crippen molar-refractivity contribution in [3.05, 3.63) is 119 Å². The van der Waals surface area contributed by atoms with Gasteiger partial charge in [0.15, 0.2) is 0 Å². The predicted molar refractivity (Wildman–Crippen MR) is 180 cm³/mol. The van der Waals surface area contributed by atoms with E-state index in [9.17, 15) is 19.2 Å². The van der Waals surface area contributed by atoms with Crippen LogP contribution in [0.15, 0.2) is 97.1 Å². The van der Waals surface area contributed by atoms with Crippen molar-refractivity contribution in [1.82, 2.24) is 16.0 Å². The molecule has 2 aliphatic rings. The second-order valence-corrected chi connectivity index (χ2v) is 11.9. The number of carbonyl (C=O) groups is 4. The number of benzene rings is 4. The molecule has 0 heterocycles. The first-order valence-corrected chi connectivity index (χ1v) is 16.1. The second kappa shape index (κ2) is 14.8. The van der Waals surface area contributed by atoms with Gasteiger partial charge in [-0.15, -0.1) is 0 Å². The number of aliphatic carboxylic acids is 1. The number of amides is 3. The number of rotatable bonds is 13. The molecule has 0 spiro atoms. The van der Waals surface area contributed by atoms with E-state index >= 15 is 0 Å². The maximum Gasteiger partial charge on any atom is 0.407 e. The van der Waals surface area contributed by atoms with E-state index in [-0.39, 0.29) is 31.5 Å². The van der Waals surface area contributed by atoms with Crippen LogP contribution in [0.4, 0.5) is 9.59 Å². The third-order valence-electron chi connectivity index (χ3n) is 8.90. The number of unbranched alkanes of at least 4 members (excludes halogenated alkanes) is 1. The standard InChI is InChI=1S/C38H37N3O7/c42-35(43)21-40-36(44)34(41-38(46)48-23-33-30-17-7-3-13-26(30)27-14-4-8-18-31(27)33)19-9-10-20-39-37(45)47-22-32-28-15-5-1-11-24(28)25-12-2-6-16-29(25)32/h1-8,11-18,32-34H,9-10,19-23H2,(H,39,45)(H,40,44)(H,41,46)(H,42,43)/t34-/m0/s1. The van der Waals surface area contributed by atoms with Crippen LogP contribution in [0.2, 0.25) is 0 Å². The number of carboxylic acids is 1. The van der Waals surface area contributed by atoms with Crippen molar-refractivity contribution >= 4 is 24.1 Å². The van der Waals surface area contributed by atoms with Crippen molar-refractivity contribution in [3.8, 4) is 22.3 Å². The summed E-state index contributed by atoms with van der Waals surface area (Å²) in [6.45, 7) is -0.000743. The summed E-state index contributed by atoms with van der Waals surface area (Å²) < 4.78 is 11.2. The largest absolute Gasteiger partial charge is 0.480 e. The van der Waals surface area contributed by atoms with E-state index in [1.807, 2.05) is 72.8 Å². The van der Waals surface area contributed by atoms with Crippen LogP contribution in [0.3, 0.4) is 0 Å². The first kappa shape index (κ1) is 32.3. The number of alkyl carbamates (subject to hydrolysis) is 2. The van der Waals surface area contributed by atoms with E-state index in [1.54, 1.807) is 0 Å². The van der Waals surface area contributed by atoms with Gasteiger partial charge in [-0.3, -0.25) is 9.59 Å². The molecular formula is C38H37N3O7. The fourth-order valence-corrected chi connectivity index (χ4v) is 6.65. The number of ether oxygens (including phenoxy) is 2. The van der Waals surface area contributed by atoms with Gasteiger partial charge in [0.05, 0.1) is 0 Å². The predicted octanol–water partition coefficient (Wildman–Crippen LogP) is 5.80. The molecule has 48 heavy (non-hydrogen) atoms. The first-order valence-electron chi connectivity index (χ1n) is 16.1. The molecule has 4 N–H and O–H groups in total. The molecule has 1 atom stereocenters. The number of nitrogens with one attached hydrogen (secondary N) is 3. The zero-order valence-corrected chi connectivity index (χ0v) is 26.3. The molecule has 2 aliphatic carbocycles. The highest BCUT2D eigenvalue weighted by atomic mass is 16.6. The minimum atomic E-state index is -1.20. The van der Waals surface area contributed by atoms with Gasteiger partial charge in [0.2, 0.25) is 5.91 Å². The van der Waals surface area contributed by atoms with Crippen LogP contribution in [-0.4, -0.2) is 61.5 Å². The van der Waals surface area contributed by atoms with E-state index in [0.29, 0.717) is 19.4 Å². The Morgan fingerprint density at radius 3 is 1.50 bits per heavy atom. The average Bonchev–Trinajstić information content (AvgIpc) is 3.60. The maximum absolute atomic E-state index is 12.9. The Balaban J connectivity index is 0.972. The van der Waals surface area contributed by atoms with Crippen molar-refractivity contribution in [3.63, 3.8) is 0 Å². The lowest BCUT2D eigenvalue weighted by Crippen LogP contribution is -2.48. The summed E-state index contributed by atoms with van der Waals surface area (Å²) in [7, 11) is 0. The number of hydrogen-bond donors (Lipinski definition) is 4. The fourth-order valence-electron chi connectivity index (χ4n) is 6.65. The van der Waals surface area contributed by atoms with Crippen molar-refractivity contribution < 1.29 is 33.8 Å². The molecule has 3 amide bonds. The topological polar surface area (TPSA) is 143 Å². The molecule has 0 aromatic heterocycles. The highest BCUT2D eigenvalue weighted by molar-refractivity contribution is 5.88. The van der Waals surface area contributed by atoms with Crippen molar-refractivity contribution in [2.75, 3.05) is 26.3 Å². The third-order valence-corrected chi connectivity index (χ3v) is 8.90. The summed E-state index contributed by atoms with van der Waals surface area (Å²) >= 11 is 0. The van der Waals surface area contributed by atoms with Gasteiger partial charge in [0, 0.05) is 18.4 Å². The second-order valence-electron chi connectivity index (χ2n) is 11.9. The molecule has 0 fully saturated rings. The van der Waals surface area contributed by atoms with Gasteiger partial charge in [0.25, 0.3) is 0 Å². The highest BCUT2D eigenvalue weighted by Gasteiger charge is 2.31. The van der Waals surface area contributed by atoms with Gasteiger partial charge < -0.3 is 30.5 Å². The Morgan fingerprint density at radius 1 is 0.604 bits per heavy atom. The summed E-state index contributed by atoms with van der Waals surface area (Å²) in [6, 6.07) is 31.2. The van der Waals surface area contributed by atoms with Crippen LogP contribution < -0.4 is 16.0 Å². The van der Waals surface area contributed by atoms with Crippen LogP contribution in [0.25, 0.3) is 22.3 Å². The van der Waals surface area contributed by atoms with Crippen LogP contribution in [0.5, 0.6) is 0 Å². The lowest BCUT2D eigenvalue weighted by atomic mass is 9.98. The minimum absolute atomic E-state index is 0.0443.